The molecule has 0 N–H and O–H groups in total. The number of anilines is 1. The summed E-state index contributed by atoms with van der Waals surface area (Å²) >= 11 is 0. The van der Waals surface area contributed by atoms with Gasteiger partial charge in [0.05, 0.1) is 0 Å². The smallest absolute Gasteiger partial charge is 0.298 e. The molecule has 122 valence electrons. The Morgan fingerprint density at radius 1 is 1.13 bits per heavy atom. The van der Waals surface area contributed by atoms with Crippen LogP contribution >= 0.6 is 0 Å². The first-order valence-corrected chi connectivity index (χ1v) is 9.13. The van der Waals surface area contributed by atoms with Crippen molar-refractivity contribution in [2.75, 3.05) is 37.6 Å². The Balaban J connectivity index is 1.32. The van der Waals surface area contributed by atoms with Crippen LogP contribution in [0, 0.1) is 11.3 Å². The molecule has 1 aliphatic carbocycles. The van der Waals surface area contributed by atoms with Crippen molar-refractivity contribution in [2.45, 2.75) is 32.1 Å². The zero-order valence-electron chi connectivity index (χ0n) is 13.7. The molecule has 3 fully saturated rings. The summed E-state index contributed by atoms with van der Waals surface area (Å²) in [4.78, 5) is 9.80. The lowest BCUT2D eigenvalue weighted by molar-refractivity contribution is 0.101. The van der Waals surface area contributed by atoms with Gasteiger partial charge in [-0.25, -0.2) is 0 Å². The molecular weight excluding hydrogens is 286 g/mol. The third kappa shape index (κ3) is 2.63. The molecule has 1 aromatic carbocycles. The van der Waals surface area contributed by atoms with Crippen LogP contribution in [-0.2, 0) is 0 Å². The van der Waals surface area contributed by atoms with E-state index in [2.05, 4.69) is 9.80 Å². The van der Waals surface area contributed by atoms with Gasteiger partial charge in [0.1, 0.15) is 5.52 Å². The molecule has 0 amide bonds. The van der Waals surface area contributed by atoms with Crippen LogP contribution in [0.1, 0.15) is 32.1 Å². The topological polar surface area (TPSA) is 32.5 Å². The van der Waals surface area contributed by atoms with Gasteiger partial charge >= 0.3 is 0 Å². The molecule has 1 atom stereocenters. The predicted octanol–water partition coefficient (Wildman–Crippen LogP) is 3.53. The molecular formula is C19H25N3O. The van der Waals surface area contributed by atoms with Gasteiger partial charge in [-0.2, -0.15) is 4.98 Å². The van der Waals surface area contributed by atoms with Gasteiger partial charge in [0.25, 0.3) is 6.01 Å². The third-order valence-electron chi connectivity index (χ3n) is 5.95. The Kier molecular flexibility index (Phi) is 3.15. The van der Waals surface area contributed by atoms with Crippen molar-refractivity contribution in [3.8, 4) is 0 Å². The molecule has 1 unspecified atom stereocenters. The summed E-state index contributed by atoms with van der Waals surface area (Å²) in [5.74, 6) is 1.000. The number of para-hydroxylation sites is 2. The summed E-state index contributed by atoms with van der Waals surface area (Å²) in [5.41, 5.74) is 2.35. The lowest BCUT2D eigenvalue weighted by Gasteiger charge is -2.40. The van der Waals surface area contributed by atoms with Gasteiger partial charge in [-0.15, -0.1) is 0 Å². The number of nitrogens with zero attached hydrogens (tertiary/aromatic N) is 3. The summed E-state index contributed by atoms with van der Waals surface area (Å²) in [6, 6.07) is 8.90. The number of likely N-dealkylation sites (tertiary alicyclic amines) is 1. The highest BCUT2D eigenvalue weighted by Gasteiger charge is 2.43. The number of rotatable bonds is 3. The molecule has 1 aromatic heterocycles. The molecule has 3 aliphatic rings. The van der Waals surface area contributed by atoms with Crippen LogP contribution in [-0.4, -0.2) is 42.6 Å². The molecule has 0 radical (unpaired) electrons. The standard InChI is InChI=1S/C19H25N3O/c1-2-5-17-16(4-1)20-18(23-17)22-11-9-19(14-22)8-3-10-21(13-19)12-15-6-7-15/h1-2,4-5,15H,3,6-14H2. The minimum Gasteiger partial charge on any atom is -0.423 e. The molecule has 2 aromatic rings. The van der Waals surface area contributed by atoms with Crippen LogP contribution in [0.5, 0.6) is 0 Å². The molecule has 2 aliphatic heterocycles. The minimum absolute atomic E-state index is 0.466. The van der Waals surface area contributed by atoms with Gasteiger partial charge in [0.15, 0.2) is 5.58 Å². The monoisotopic (exact) mass is 311 g/mol. The van der Waals surface area contributed by atoms with E-state index in [9.17, 15) is 0 Å². The Morgan fingerprint density at radius 3 is 2.91 bits per heavy atom. The maximum Gasteiger partial charge on any atom is 0.298 e. The van der Waals surface area contributed by atoms with E-state index in [0.717, 1.165) is 36.1 Å². The molecule has 4 heteroatoms. The molecule has 5 rings (SSSR count). The van der Waals surface area contributed by atoms with E-state index in [0.29, 0.717) is 5.41 Å². The van der Waals surface area contributed by atoms with Crippen LogP contribution in [0.3, 0.4) is 0 Å². The molecule has 4 nitrogen and oxygen atoms in total. The van der Waals surface area contributed by atoms with Crippen LogP contribution in [0.25, 0.3) is 11.1 Å². The van der Waals surface area contributed by atoms with E-state index in [4.69, 9.17) is 9.40 Å². The van der Waals surface area contributed by atoms with E-state index in [-0.39, 0.29) is 0 Å². The van der Waals surface area contributed by atoms with Crippen molar-refractivity contribution in [3.05, 3.63) is 24.3 Å². The van der Waals surface area contributed by atoms with Crippen LogP contribution in [0.15, 0.2) is 28.7 Å². The maximum absolute atomic E-state index is 5.99. The van der Waals surface area contributed by atoms with E-state index in [1.807, 2.05) is 24.3 Å². The second-order valence-corrected chi connectivity index (χ2v) is 7.92. The van der Waals surface area contributed by atoms with Crippen molar-refractivity contribution in [1.29, 1.82) is 0 Å². The fourth-order valence-corrected chi connectivity index (χ4v) is 4.56. The second kappa shape index (κ2) is 5.23. The highest BCUT2D eigenvalue weighted by molar-refractivity contribution is 5.74. The fraction of sp³-hybridized carbons (Fsp3) is 0.632. The van der Waals surface area contributed by atoms with E-state index >= 15 is 0 Å². The number of piperidine rings is 1. The van der Waals surface area contributed by atoms with Crippen LogP contribution in [0.2, 0.25) is 0 Å². The van der Waals surface area contributed by atoms with E-state index < -0.39 is 0 Å². The third-order valence-corrected chi connectivity index (χ3v) is 5.95. The molecule has 3 heterocycles. The highest BCUT2D eigenvalue weighted by Crippen LogP contribution is 2.42. The van der Waals surface area contributed by atoms with Crippen molar-refractivity contribution in [1.82, 2.24) is 9.88 Å². The normalized spacial score (nSPS) is 29.0. The number of hydrogen-bond donors (Lipinski definition) is 0. The molecule has 1 saturated carbocycles. The molecule has 1 spiro atoms. The van der Waals surface area contributed by atoms with Gasteiger partial charge in [-0.3, -0.25) is 0 Å². The number of oxazole rings is 1. The van der Waals surface area contributed by atoms with Gasteiger partial charge in [-0.1, -0.05) is 12.1 Å². The van der Waals surface area contributed by atoms with Crippen LogP contribution in [0.4, 0.5) is 6.01 Å². The maximum atomic E-state index is 5.99. The Morgan fingerprint density at radius 2 is 2.04 bits per heavy atom. The fourth-order valence-electron chi connectivity index (χ4n) is 4.56. The van der Waals surface area contributed by atoms with Crippen molar-refractivity contribution in [3.63, 3.8) is 0 Å². The number of benzene rings is 1. The second-order valence-electron chi connectivity index (χ2n) is 7.92. The van der Waals surface area contributed by atoms with Gasteiger partial charge in [-0.05, 0) is 56.7 Å². The van der Waals surface area contributed by atoms with Crippen molar-refractivity contribution in [2.24, 2.45) is 11.3 Å². The average molecular weight is 311 g/mol. The average Bonchev–Trinajstić information content (AvgIpc) is 3.12. The van der Waals surface area contributed by atoms with Gasteiger partial charge < -0.3 is 14.2 Å². The predicted molar refractivity (Wildman–Crippen MR) is 91.7 cm³/mol. The van der Waals surface area contributed by atoms with Crippen LogP contribution < -0.4 is 4.90 Å². The number of hydrogen-bond acceptors (Lipinski definition) is 4. The van der Waals surface area contributed by atoms with Gasteiger partial charge in [0, 0.05) is 31.6 Å². The van der Waals surface area contributed by atoms with E-state index in [1.54, 1.807) is 0 Å². The number of fused-ring (bicyclic) bond motifs is 1. The lowest BCUT2D eigenvalue weighted by Crippen LogP contribution is -2.45. The zero-order chi connectivity index (χ0) is 15.3. The summed E-state index contributed by atoms with van der Waals surface area (Å²) in [7, 11) is 0. The molecule has 2 saturated heterocycles. The summed E-state index contributed by atoms with van der Waals surface area (Å²) < 4.78 is 5.99. The Labute approximate surface area is 137 Å². The lowest BCUT2D eigenvalue weighted by atomic mass is 9.79. The highest BCUT2D eigenvalue weighted by atomic mass is 16.4. The summed E-state index contributed by atoms with van der Waals surface area (Å²) in [5, 5.41) is 0. The van der Waals surface area contributed by atoms with E-state index in [1.165, 1.54) is 51.7 Å². The van der Waals surface area contributed by atoms with Crippen molar-refractivity contribution < 1.29 is 4.42 Å². The zero-order valence-corrected chi connectivity index (χ0v) is 13.7. The Bertz CT molecular complexity index is 674. The summed E-state index contributed by atoms with van der Waals surface area (Å²) in [6.45, 7) is 6.12. The SMILES string of the molecule is c1ccc2oc(N3CCC4(CCCN(CC5CC5)C4)C3)nc2c1. The minimum atomic E-state index is 0.466. The Hall–Kier alpha value is -1.55. The summed E-state index contributed by atoms with van der Waals surface area (Å²) in [6.07, 6.45) is 6.92. The van der Waals surface area contributed by atoms with Crippen molar-refractivity contribution >= 4 is 17.1 Å². The quantitative estimate of drug-likeness (QED) is 0.868. The first-order chi connectivity index (χ1) is 11.3. The molecule has 0 bridgehead atoms. The largest absolute Gasteiger partial charge is 0.423 e. The molecule has 23 heavy (non-hydrogen) atoms. The first-order valence-electron chi connectivity index (χ1n) is 9.13. The first kappa shape index (κ1) is 13.8. The van der Waals surface area contributed by atoms with Gasteiger partial charge in [0.2, 0.25) is 0 Å². The number of aromatic nitrogens is 1.